The zero-order valence-corrected chi connectivity index (χ0v) is 12.1. The first-order chi connectivity index (χ1) is 9.70. The van der Waals surface area contributed by atoms with Crippen molar-refractivity contribution in [3.63, 3.8) is 0 Å². The van der Waals surface area contributed by atoms with Crippen LogP contribution in [0.4, 0.5) is 0 Å². The van der Waals surface area contributed by atoms with Gasteiger partial charge in [-0.25, -0.2) is 0 Å². The van der Waals surface area contributed by atoms with Gasteiger partial charge in [0.15, 0.2) is 0 Å². The molecule has 1 aliphatic rings. The normalized spacial score (nSPS) is 17.2. The maximum absolute atomic E-state index is 11.8. The second kappa shape index (κ2) is 7.47. The van der Waals surface area contributed by atoms with Crippen LogP contribution in [0, 0.1) is 0 Å². The van der Waals surface area contributed by atoms with Gasteiger partial charge in [-0.3, -0.25) is 4.79 Å². The van der Waals surface area contributed by atoms with Gasteiger partial charge in [-0.2, -0.15) is 0 Å². The Morgan fingerprint density at radius 1 is 1.50 bits per heavy atom. The van der Waals surface area contributed by atoms with Gasteiger partial charge in [-0.15, -0.1) is 0 Å². The molecule has 2 rings (SSSR count). The van der Waals surface area contributed by atoms with Gasteiger partial charge >= 0.3 is 0 Å². The van der Waals surface area contributed by atoms with Crippen molar-refractivity contribution < 1.29 is 19.0 Å². The van der Waals surface area contributed by atoms with E-state index in [0.717, 1.165) is 17.7 Å². The zero-order valence-electron chi connectivity index (χ0n) is 11.4. The Balaban J connectivity index is 1.91. The molecular weight excluding hydrogens is 282 g/mol. The molecule has 0 bridgehead atoms. The summed E-state index contributed by atoms with van der Waals surface area (Å²) in [5, 5.41) is 3.57. The summed E-state index contributed by atoms with van der Waals surface area (Å²) in [5.74, 6) is 0.616. The molecule has 1 amide bonds. The molecule has 20 heavy (non-hydrogen) atoms. The quantitative estimate of drug-likeness (QED) is 0.816. The summed E-state index contributed by atoms with van der Waals surface area (Å²) in [6, 6.07) is 5.34. The molecule has 6 heteroatoms. The van der Waals surface area contributed by atoms with E-state index in [2.05, 4.69) is 5.32 Å². The van der Waals surface area contributed by atoms with Gasteiger partial charge in [0.2, 0.25) is 5.91 Å². The van der Waals surface area contributed by atoms with E-state index in [1.54, 1.807) is 13.2 Å². The SMILES string of the molecule is COCCOCC(=O)NC1CCOc2ccc(Cl)cc21. The Labute approximate surface area is 123 Å². The second-order valence-corrected chi connectivity index (χ2v) is 4.92. The van der Waals surface area contributed by atoms with Crippen molar-refractivity contribution in [3.05, 3.63) is 28.8 Å². The van der Waals surface area contributed by atoms with Gasteiger partial charge in [-0.05, 0) is 18.2 Å². The third kappa shape index (κ3) is 4.10. The number of nitrogens with one attached hydrogen (secondary N) is 1. The topological polar surface area (TPSA) is 56.8 Å². The number of carbonyl (C=O) groups is 1. The molecule has 1 aliphatic heterocycles. The molecule has 1 aromatic rings. The second-order valence-electron chi connectivity index (χ2n) is 4.48. The number of rotatable bonds is 6. The Morgan fingerprint density at radius 2 is 2.35 bits per heavy atom. The molecule has 0 saturated heterocycles. The summed E-state index contributed by atoms with van der Waals surface area (Å²) in [5.41, 5.74) is 0.911. The third-order valence-corrected chi connectivity index (χ3v) is 3.25. The van der Waals surface area contributed by atoms with Gasteiger partial charge in [-0.1, -0.05) is 11.6 Å². The molecule has 1 heterocycles. The minimum Gasteiger partial charge on any atom is -0.493 e. The minimum atomic E-state index is -0.154. The molecule has 0 aliphatic carbocycles. The summed E-state index contributed by atoms with van der Waals surface area (Å²) in [6.45, 7) is 1.48. The Hall–Kier alpha value is -1.30. The number of carbonyl (C=O) groups excluding carboxylic acids is 1. The summed E-state index contributed by atoms with van der Waals surface area (Å²) in [7, 11) is 1.59. The van der Waals surface area contributed by atoms with E-state index >= 15 is 0 Å². The van der Waals surface area contributed by atoms with E-state index in [9.17, 15) is 4.79 Å². The lowest BCUT2D eigenvalue weighted by atomic mass is 10.0. The van der Waals surface area contributed by atoms with Crippen LogP contribution in [0.3, 0.4) is 0 Å². The summed E-state index contributed by atoms with van der Waals surface area (Å²) in [4.78, 5) is 11.8. The first-order valence-corrected chi connectivity index (χ1v) is 6.87. The molecule has 0 radical (unpaired) electrons. The number of ether oxygens (including phenoxy) is 3. The first kappa shape index (κ1) is 15.1. The van der Waals surface area contributed by atoms with Gasteiger partial charge in [0.05, 0.1) is 25.9 Å². The van der Waals surface area contributed by atoms with Crippen molar-refractivity contribution in [1.82, 2.24) is 5.32 Å². The summed E-state index contributed by atoms with van der Waals surface area (Å²) >= 11 is 5.99. The highest BCUT2D eigenvalue weighted by Crippen LogP contribution is 2.33. The molecule has 5 nitrogen and oxygen atoms in total. The number of benzene rings is 1. The molecule has 1 aromatic carbocycles. The predicted molar refractivity (Wildman–Crippen MR) is 75.1 cm³/mol. The van der Waals surface area contributed by atoms with Crippen LogP contribution in [-0.4, -0.2) is 39.4 Å². The zero-order chi connectivity index (χ0) is 14.4. The fourth-order valence-corrected chi connectivity index (χ4v) is 2.24. The van der Waals surface area contributed by atoms with E-state index in [4.69, 9.17) is 25.8 Å². The Morgan fingerprint density at radius 3 is 3.15 bits per heavy atom. The van der Waals surface area contributed by atoms with Gasteiger partial charge < -0.3 is 19.5 Å². The van der Waals surface area contributed by atoms with Crippen LogP contribution in [0.25, 0.3) is 0 Å². The van der Waals surface area contributed by atoms with E-state index in [1.165, 1.54) is 0 Å². The first-order valence-electron chi connectivity index (χ1n) is 6.49. The fraction of sp³-hybridized carbons (Fsp3) is 0.500. The van der Waals surface area contributed by atoms with E-state index < -0.39 is 0 Å². The average molecular weight is 300 g/mol. The minimum absolute atomic E-state index is 0.0244. The van der Waals surface area contributed by atoms with Crippen molar-refractivity contribution in [3.8, 4) is 5.75 Å². The smallest absolute Gasteiger partial charge is 0.246 e. The number of hydrogen-bond acceptors (Lipinski definition) is 4. The maximum Gasteiger partial charge on any atom is 0.246 e. The molecule has 1 atom stereocenters. The van der Waals surface area contributed by atoms with Crippen molar-refractivity contribution in [1.29, 1.82) is 0 Å². The van der Waals surface area contributed by atoms with Crippen molar-refractivity contribution in [2.24, 2.45) is 0 Å². The third-order valence-electron chi connectivity index (χ3n) is 3.01. The van der Waals surface area contributed by atoms with Crippen molar-refractivity contribution in [2.45, 2.75) is 12.5 Å². The monoisotopic (exact) mass is 299 g/mol. The molecule has 1 N–H and O–H groups in total. The highest BCUT2D eigenvalue weighted by molar-refractivity contribution is 6.30. The fourth-order valence-electron chi connectivity index (χ4n) is 2.06. The van der Waals surface area contributed by atoms with Crippen molar-refractivity contribution in [2.75, 3.05) is 33.5 Å². The van der Waals surface area contributed by atoms with Crippen LogP contribution < -0.4 is 10.1 Å². The van der Waals surface area contributed by atoms with Gasteiger partial charge in [0, 0.05) is 24.1 Å². The molecular formula is C14H18ClNO4. The van der Waals surface area contributed by atoms with Crippen LogP contribution in [-0.2, 0) is 14.3 Å². The largest absolute Gasteiger partial charge is 0.493 e. The molecule has 0 aromatic heterocycles. The standard InChI is InChI=1S/C14H18ClNO4/c1-18-6-7-19-9-14(17)16-12-4-5-20-13-3-2-10(15)8-11(12)13/h2-3,8,12H,4-7,9H2,1H3,(H,16,17). The van der Waals surface area contributed by atoms with E-state index in [-0.39, 0.29) is 18.6 Å². The van der Waals surface area contributed by atoms with Crippen LogP contribution >= 0.6 is 11.6 Å². The maximum atomic E-state index is 11.8. The lowest BCUT2D eigenvalue weighted by molar-refractivity contribution is -0.127. The number of fused-ring (bicyclic) bond motifs is 1. The molecule has 0 spiro atoms. The van der Waals surface area contributed by atoms with Gasteiger partial charge in [0.25, 0.3) is 0 Å². The lowest BCUT2D eigenvalue weighted by Crippen LogP contribution is -2.34. The molecule has 0 saturated carbocycles. The number of hydrogen-bond donors (Lipinski definition) is 1. The summed E-state index contributed by atoms with van der Waals surface area (Å²) < 4.78 is 15.6. The Bertz CT molecular complexity index is 466. The van der Waals surface area contributed by atoms with Crippen LogP contribution in [0.1, 0.15) is 18.0 Å². The van der Waals surface area contributed by atoms with Crippen LogP contribution in [0.2, 0.25) is 5.02 Å². The van der Waals surface area contributed by atoms with Crippen LogP contribution in [0.5, 0.6) is 5.75 Å². The lowest BCUT2D eigenvalue weighted by Gasteiger charge is -2.26. The van der Waals surface area contributed by atoms with Crippen molar-refractivity contribution >= 4 is 17.5 Å². The highest BCUT2D eigenvalue weighted by Gasteiger charge is 2.23. The molecule has 110 valence electrons. The number of methoxy groups -OCH3 is 1. The average Bonchev–Trinajstić information content (AvgIpc) is 2.44. The van der Waals surface area contributed by atoms with Crippen LogP contribution in [0.15, 0.2) is 18.2 Å². The molecule has 1 unspecified atom stereocenters. The summed E-state index contributed by atoms with van der Waals surface area (Å²) in [6.07, 6.45) is 0.719. The predicted octanol–water partition coefficient (Wildman–Crippen LogP) is 1.94. The number of halogens is 1. The van der Waals surface area contributed by atoms with E-state index in [1.807, 2.05) is 12.1 Å². The van der Waals surface area contributed by atoms with Gasteiger partial charge in [0.1, 0.15) is 12.4 Å². The molecule has 0 fully saturated rings. The van der Waals surface area contributed by atoms with E-state index in [0.29, 0.717) is 24.8 Å². The number of amides is 1. The highest BCUT2D eigenvalue weighted by atomic mass is 35.5. The Kier molecular flexibility index (Phi) is 5.64.